The Kier molecular flexibility index (Phi) is 6.77. The zero-order valence-corrected chi connectivity index (χ0v) is 20.8. The van der Waals surface area contributed by atoms with Crippen LogP contribution in [-0.4, -0.2) is 49.8 Å². The molecule has 10 heteroatoms. The van der Waals surface area contributed by atoms with Crippen LogP contribution < -0.4 is 14.8 Å². The maximum atomic E-state index is 12.8. The molecule has 3 aromatic rings. The predicted octanol–water partition coefficient (Wildman–Crippen LogP) is 1.94. The lowest BCUT2D eigenvalue weighted by atomic mass is 9.91. The van der Waals surface area contributed by atoms with Crippen LogP contribution in [0.25, 0.3) is 23.5 Å². The number of H-pyrrole nitrogens is 1. The fraction of sp³-hybridized carbons (Fsp3) is 0.333. The first-order valence-electron chi connectivity index (χ1n) is 10.8. The van der Waals surface area contributed by atoms with Gasteiger partial charge in [0.2, 0.25) is 10.0 Å². The van der Waals surface area contributed by atoms with Crippen molar-refractivity contribution in [2.75, 3.05) is 26.3 Å². The number of aromatic nitrogens is 1. The average molecular weight is 503 g/mol. The molecule has 34 heavy (non-hydrogen) atoms. The van der Waals surface area contributed by atoms with Gasteiger partial charge < -0.3 is 14.1 Å². The summed E-state index contributed by atoms with van der Waals surface area (Å²) in [4.78, 5) is 27.4. The minimum absolute atomic E-state index is 0.0732. The van der Waals surface area contributed by atoms with E-state index in [9.17, 15) is 18.0 Å². The van der Waals surface area contributed by atoms with Crippen LogP contribution in [0.4, 0.5) is 0 Å². The molecule has 180 valence electrons. The first-order chi connectivity index (χ1) is 16.0. The van der Waals surface area contributed by atoms with Crippen LogP contribution in [0.2, 0.25) is 0 Å². The topological polar surface area (TPSA) is 110 Å². The lowest BCUT2D eigenvalue weighted by molar-refractivity contribution is -0.119. The van der Waals surface area contributed by atoms with E-state index in [1.165, 1.54) is 21.7 Å². The number of ether oxygens (including phenoxy) is 1. The molecule has 1 saturated heterocycles. The van der Waals surface area contributed by atoms with Gasteiger partial charge in [-0.1, -0.05) is 20.8 Å². The third-order valence-corrected chi connectivity index (χ3v) is 8.20. The van der Waals surface area contributed by atoms with E-state index >= 15 is 0 Å². The van der Waals surface area contributed by atoms with Crippen molar-refractivity contribution < 1.29 is 22.4 Å². The van der Waals surface area contributed by atoms with Crippen molar-refractivity contribution in [2.45, 2.75) is 25.7 Å². The van der Waals surface area contributed by atoms with Gasteiger partial charge in [-0.05, 0) is 36.4 Å². The summed E-state index contributed by atoms with van der Waals surface area (Å²) in [5, 5.41) is 0. The molecule has 1 N–H and O–H groups in total. The Morgan fingerprint density at radius 3 is 2.41 bits per heavy atom. The zero-order chi connectivity index (χ0) is 24.5. The Morgan fingerprint density at radius 1 is 1.09 bits per heavy atom. The maximum absolute atomic E-state index is 12.8. The number of hydrogen-bond donors (Lipinski definition) is 1. The molecule has 1 aromatic carbocycles. The van der Waals surface area contributed by atoms with Crippen molar-refractivity contribution >= 4 is 39.3 Å². The quantitative estimate of drug-likeness (QED) is 0.571. The van der Waals surface area contributed by atoms with Crippen molar-refractivity contribution in [3.63, 3.8) is 0 Å². The van der Waals surface area contributed by atoms with Crippen molar-refractivity contribution in [3.05, 3.63) is 61.7 Å². The minimum atomic E-state index is -3.56. The maximum Gasteiger partial charge on any atom is 0.266 e. The number of ketones is 1. The Morgan fingerprint density at radius 2 is 1.76 bits per heavy atom. The first-order valence-corrected chi connectivity index (χ1v) is 13.0. The molecule has 4 rings (SSSR count). The van der Waals surface area contributed by atoms with Gasteiger partial charge in [-0.2, -0.15) is 4.31 Å². The summed E-state index contributed by atoms with van der Waals surface area (Å²) >= 11 is 1.18. The fourth-order valence-electron chi connectivity index (χ4n) is 3.30. The van der Waals surface area contributed by atoms with Crippen molar-refractivity contribution in [1.29, 1.82) is 0 Å². The van der Waals surface area contributed by atoms with Gasteiger partial charge in [0.1, 0.15) is 11.5 Å². The number of carbonyl (C=O) groups excluding carboxylic acids is 1. The van der Waals surface area contributed by atoms with Gasteiger partial charge in [-0.25, -0.2) is 8.42 Å². The van der Waals surface area contributed by atoms with E-state index in [1.807, 2.05) is 20.8 Å². The van der Waals surface area contributed by atoms with Gasteiger partial charge >= 0.3 is 0 Å². The monoisotopic (exact) mass is 502 g/mol. The normalized spacial score (nSPS) is 16.8. The number of thiazole rings is 1. The number of rotatable bonds is 5. The molecule has 0 amide bonds. The Labute approximate surface area is 201 Å². The third kappa shape index (κ3) is 5.30. The molecule has 2 aromatic heterocycles. The van der Waals surface area contributed by atoms with E-state index in [1.54, 1.807) is 42.5 Å². The van der Waals surface area contributed by atoms with Gasteiger partial charge in [0.25, 0.3) is 5.56 Å². The molecule has 0 atom stereocenters. The third-order valence-electron chi connectivity index (χ3n) is 5.33. The molecule has 0 saturated carbocycles. The molecule has 0 bridgehead atoms. The van der Waals surface area contributed by atoms with Crippen LogP contribution in [0.5, 0.6) is 0 Å². The molecule has 1 aliphatic rings. The van der Waals surface area contributed by atoms with Gasteiger partial charge in [-0.15, -0.1) is 11.3 Å². The molecule has 0 aliphatic carbocycles. The van der Waals surface area contributed by atoms with E-state index in [2.05, 4.69) is 4.98 Å². The van der Waals surface area contributed by atoms with Crippen molar-refractivity contribution in [2.24, 2.45) is 5.41 Å². The largest absolute Gasteiger partial charge is 0.457 e. The fourth-order valence-corrected chi connectivity index (χ4v) is 5.58. The summed E-state index contributed by atoms with van der Waals surface area (Å²) < 4.78 is 39.0. The average Bonchev–Trinajstić information content (AvgIpc) is 3.40. The van der Waals surface area contributed by atoms with Gasteiger partial charge in [0.15, 0.2) is 5.78 Å². The highest BCUT2D eigenvalue weighted by Crippen LogP contribution is 2.25. The van der Waals surface area contributed by atoms with Crippen LogP contribution >= 0.6 is 11.3 Å². The summed E-state index contributed by atoms with van der Waals surface area (Å²) in [5.74, 6) is 0.946. The number of carbonyl (C=O) groups is 1. The number of benzene rings is 1. The molecule has 0 radical (unpaired) electrons. The first kappa shape index (κ1) is 24.3. The van der Waals surface area contributed by atoms with E-state index in [-0.39, 0.29) is 16.2 Å². The van der Waals surface area contributed by atoms with E-state index < -0.39 is 15.4 Å². The molecular formula is C24H26N2O6S2. The number of morpholine rings is 1. The summed E-state index contributed by atoms with van der Waals surface area (Å²) in [6.07, 6.45) is 3.06. The summed E-state index contributed by atoms with van der Waals surface area (Å²) in [6, 6.07) is 10.00. The number of Topliss-reactive ketones (excluding diaryl/α,β-unsaturated/α-hetero) is 1. The number of nitrogens with one attached hydrogen (secondary N) is 1. The molecule has 1 aliphatic heterocycles. The van der Waals surface area contributed by atoms with Crippen molar-refractivity contribution in [1.82, 2.24) is 9.29 Å². The molecule has 1 fully saturated rings. The Hall–Kier alpha value is -2.79. The number of hydrogen-bond acceptors (Lipinski definition) is 7. The predicted molar refractivity (Wildman–Crippen MR) is 130 cm³/mol. The second-order valence-electron chi connectivity index (χ2n) is 8.93. The highest BCUT2D eigenvalue weighted by Gasteiger charge is 2.26. The summed E-state index contributed by atoms with van der Waals surface area (Å²) in [7, 11) is -3.56. The van der Waals surface area contributed by atoms with Crippen LogP contribution in [-0.2, 0) is 19.6 Å². The number of aromatic amines is 1. The second kappa shape index (κ2) is 9.46. The number of sulfonamides is 1. The second-order valence-corrected chi connectivity index (χ2v) is 12.0. The SMILES string of the molecule is CC(C)(C)C(=O)/C=c1/[nH]c(=O)/c(=C/c2ccc(-c3ccc(S(=O)(=O)N4CCOCC4)cc3)o2)s1. The molecule has 0 unspecified atom stereocenters. The lowest BCUT2D eigenvalue weighted by Gasteiger charge is -2.26. The Balaban J connectivity index is 1.56. The minimum Gasteiger partial charge on any atom is -0.457 e. The van der Waals surface area contributed by atoms with Crippen LogP contribution in [0.1, 0.15) is 26.5 Å². The van der Waals surface area contributed by atoms with Gasteiger partial charge in [-0.3, -0.25) is 9.59 Å². The van der Waals surface area contributed by atoms with E-state index in [0.717, 1.165) is 0 Å². The Bertz CT molecular complexity index is 1470. The zero-order valence-electron chi connectivity index (χ0n) is 19.2. The lowest BCUT2D eigenvalue weighted by Crippen LogP contribution is -2.40. The molecule has 0 spiro atoms. The summed E-state index contributed by atoms with van der Waals surface area (Å²) in [6.45, 7) is 6.92. The standard InChI is InChI=1S/C24H26N2O6S2/c1-24(2,3)21(27)15-22-25-23(28)20(33-22)14-17-6-9-19(32-17)16-4-7-18(8-5-16)34(29,30)26-10-12-31-13-11-26/h4-9,14-15H,10-13H2,1-3H3,(H,25,28)/b20-14-,22-15-. The van der Waals surface area contributed by atoms with Crippen LogP contribution in [0, 0.1) is 5.41 Å². The highest BCUT2D eigenvalue weighted by atomic mass is 32.2. The van der Waals surface area contributed by atoms with Crippen LogP contribution in [0.3, 0.4) is 0 Å². The summed E-state index contributed by atoms with van der Waals surface area (Å²) in [5.41, 5.74) is -0.114. The van der Waals surface area contributed by atoms with Gasteiger partial charge in [0, 0.05) is 36.2 Å². The smallest absolute Gasteiger partial charge is 0.266 e. The van der Waals surface area contributed by atoms with E-state index in [4.69, 9.17) is 9.15 Å². The van der Waals surface area contributed by atoms with E-state index in [0.29, 0.717) is 52.6 Å². The molecule has 8 nitrogen and oxygen atoms in total. The molecule has 3 heterocycles. The van der Waals surface area contributed by atoms with Gasteiger partial charge in [0.05, 0.1) is 27.3 Å². The molecular weight excluding hydrogens is 476 g/mol. The van der Waals surface area contributed by atoms with Crippen molar-refractivity contribution in [3.8, 4) is 11.3 Å². The van der Waals surface area contributed by atoms with Crippen LogP contribution in [0.15, 0.2) is 50.5 Å². The number of nitrogens with zero attached hydrogens (tertiary/aromatic N) is 1. The highest BCUT2D eigenvalue weighted by molar-refractivity contribution is 7.89. The number of furan rings is 1.